The summed E-state index contributed by atoms with van der Waals surface area (Å²) in [6, 6.07) is 21.6. The van der Waals surface area contributed by atoms with Crippen LogP contribution in [0.5, 0.6) is 5.88 Å². The van der Waals surface area contributed by atoms with Crippen molar-refractivity contribution in [1.29, 1.82) is 0 Å². The van der Waals surface area contributed by atoms with E-state index in [4.69, 9.17) is 23.9 Å². The standard InChI is InChI=1S/C50H57FN8O9S/c1-32-5-2-3-6-36(32)43-29-66-21-4-18-57(43)45-28-49(45)13-19-56(20-14-49)34-7-9-37(40(26-34)58-39-12-22-67-30-44(39)68-48-42(58)25-33-11-17-52-46(33)54-48)47(60)55-69(63,64)35-8-10-38(41(27-35)59(61)62)53-31-50(51)15-23-65-24-16-50/h2-3,5-11,17,25-27,39,43-45,53H,4,12-16,18-24,28-31H2,1H3,(H,52,54)(H,55,60)/t39-,43-,44-,45+/m0/s1. The van der Waals surface area contributed by atoms with E-state index in [2.05, 4.69) is 56.0 Å². The predicted octanol–water partition coefficient (Wildman–Crippen LogP) is 7.34. The number of amides is 1. The van der Waals surface area contributed by atoms with Gasteiger partial charge in [0.25, 0.3) is 21.6 Å². The van der Waals surface area contributed by atoms with Crippen LogP contribution in [0, 0.1) is 22.5 Å². The Balaban J connectivity index is 0.899. The van der Waals surface area contributed by atoms with Gasteiger partial charge in [0, 0.05) is 94.8 Å². The highest BCUT2D eigenvalue weighted by Gasteiger charge is 2.58. The Morgan fingerprint density at radius 1 is 0.942 bits per heavy atom. The molecule has 19 heteroatoms. The number of anilines is 4. The van der Waals surface area contributed by atoms with Gasteiger partial charge >= 0.3 is 0 Å². The molecule has 364 valence electrons. The largest absolute Gasteiger partial charge is 0.468 e. The van der Waals surface area contributed by atoms with Crippen LogP contribution in [0.1, 0.15) is 72.5 Å². The van der Waals surface area contributed by atoms with Gasteiger partial charge in [0.15, 0.2) is 0 Å². The molecule has 0 unspecified atom stereocenters. The second-order valence-electron chi connectivity index (χ2n) is 19.5. The first kappa shape index (κ1) is 45.6. The van der Waals surface area contributed by atoms with Crippen LogP contribution in [0.3, 0.4) is 0 Å². The van der Waals surface area contributed by atoms with Crippen LogP contribution in [-0.4, -0.2) is 124 Å². The normalized spacial score (nSPS) is 24.4. The van der Waals surface area contributed by atoms with Gasteiger partial charge in [0.05, 0.1) is 46.4 Å². The van der Waals surface area contributed by atoms with Gasteiger partial charge in [-0.15, -0.1) is 0 Å². The number of alkyl halides is 1. The van der Waals surface area contributed by atoms with Crippen molar-refractivity contribution in [1.82, 2.24) is 19.6 Å². The number of nitrogens with one attached hydrogen (secondary N) is 3. The topological polar surface area (TPSA) is 194 Å². The number of ether oxygens (including phenoxy) is 4. The van der Waals surface area contributed by atoms with E-state index in [1.165, 1.54) is 23.3 Å². The number of piperidine rings is 1. The molecule has 0 radical (unpaired) electrons. The monoisotopic (exact) mass is 964 g/mol. The van der Waals surface area contributed by atoms with E-state index >= 15 is 4.39 Å². The number of benzene rings is 3. The number of fused-ring (bicyclic) bond motifs is 3. The molecule has 5 fully saturated rings. The molecule has 5 aromatic rings. The summed E-state index contributed by atoms with van der Waals surface area (Å²) in [5.41, 5.74) is 3.22. The Bertz CT molecular complexity index is 2890. The first-order chi connectivity index (χ1) is 33.4. The Labute approximate surface area is 399 Å². The summed E-state index contributed by atoms with van der Waals surface area (Å²) in [6.45, 7) is 7.18. The molecule has 3 N–H and O–H groups in total. The summed E-state index contributed by atoms with van der Waals surface area (Å²) in [5.74, 6) is -0.573. The quantitative estimate of drug-likeness (QED) is 0.0880. The maximum atomic E-state index is 15.4. The number of carbonyl (C=O) groups is 1. The van der Waals surface area contributed by atoms with E-state index in [0.29, 0.717) is 48.6 Å². The third kappa shape index (κ3) is 8.76. The lowest BCUT2D eigenvalue weighted by Crippen LogP contribution is -2.53. The van der Waals surface area contributed by atoms with E-state index in [1.807, 2.05) is 29.2 Å². The van der Waals surface area contributed by atoms with E-state index in [-0.39, 0.29) is 68.0 Å². The smallest absolute Gasteiger partial charge is 0.293 e. The van der Waals surface area contributed by atoms with Crippen LogP contribution in [-0.2, 0) is 24.2 Å². The van der Waals surface area contributed by atoms with E-state index < -0.39 is 43.2 Å². The average molecular weight is 965 g/mol. The minimum Gasteiger partial charge on any atom is -0.468 e. The Morgan fingerprint density at radius 3 is 2.57 bits per heavy atom. The molecule has 2 aromatic heterocycles. The summed E-state index contributed by atoms with van der Waals surface area (Å²) in [7, 11) is -4.68. The third-order valence-electron chi connectivity index (χ3n) is 15.4. The molecule has 17 nitrogen and oxygen atoms in total. The molecular weight excluding hydrogens is 908 g/mol. The number of nitrogens with zero attached hydrogens (tertiary/aromatic N) is 5. The van der Waals surface area contributed by atoms with E-state index in [0.717, 1.165) is 69.1 Å². The number of sulfonamides is 1. The number of aromatic amines is 1. The maximum Gasteiger partial charge on any atom is 0.293 e. The molecule has 1 saturated carbocycles. The number of H-pyrrole nitrogens is 1. The molecule has 1 aliphatic carbocycles. The van der Waals surface area contributed by atoms with Crippen molar-refractivity contribution >= 4 is 55.4 Å². The molecule has 0 bridgehead atoms. The molecule has 1 spiro atoms. The first-order valence-electron chi connectivity index (χ1n) is 24.0. The van der Waals surface area contributed by atoms with Gasteiger partial charge in [0.2, 0.25) is 5.88 Å². The SMILES string of the molecule is Cc1ccccc1[C@@H]1COCCCN1[C@@H]1CC12CCN(c1ccc(C(=O)NS(=O)(=O)c3ccc(NCC4(F)CCOCC4)c([N+](=O)[O-])c3)c(N3c4cc5cc[nH]c5nc4O[C@H]4COCC[C@@H]43)c1)CC2. The van der Waals surface area contributed by atoms with Crippen molar-refractivity contribution in [3.63, 3.8) is 0 Å². The number of nitro groups is 1. The van der Waals surface area contributed by atoms with Crippen molar-refractivity contribution in [3.05, 3.63) is 106 Å². The fourth-order valence-electron chi connectivity index (χ4n) is 11.4. The number of rotatable bonds is 11. The number of halogens is 1. The zero-order valence-corrected chi connectivity index (χ0v) is 39.3. The highest BCUT2D eigenvalue weighted by atomic mass is 32.2. The van der Waals surface area contributed by atoms with Crippen LogP contribution in [0.25, 0.3) is 11.0 Å². The second kappa shape index (κ2) is 18.1. The Hall–Kier alpha value is -5.86. The zero-order chi connectivity index (χ0) is 47.5. The molecule has 3 aromatic carbocycles. The van der Waals surface area contributed by atoms with Crippen LogP contribution in [0.15, 0.2) is 83.9 Å². The predicted molar refractivity (Wildman–Crippen MR) is 257 cm³/mol. The van der Waals surface area contributed by atoms with Crippen LogP contribution < -0.4 is 24.6 Å². The number of nitro benzene ring substituents is 1. The fourth-order valence-corrected chi connectivity index (χ4v) is 12.4. The number of aryl methyl sites for hydroxylation is 1. The van der Waals surface area contributed by atoms with Crippen molar-refractivity contribution < 1.29 is 41.5 Å². The lowest BCUT2D eigenvalue weighted by Gasteiger charge is -2.45. The Kier molecular flexibility index (Phi) is 12.0. The maximum absolute atomic E-state index is 15.4. The van der Waals surface area contributed by atoms with Gasteiger partial charge in [-0.25, -0.2) is 17.5 Å². The number of carbonyl (C=O) groups excluding carboxylic acids is 1. The molecule has 69 heavy (non-hydrogen) atoms. The van der Waals surface area contributed by atoms with Crippen molar-refractivity contribution in [2.24, 2.45) is 5.41 Å². The van der Waals surface area contributed by atoms with Crippen LogP contribution >= 0.6 is 0 Å². The van der Waals surface area contributed by atoms with Gasteiger partial charge in [-0.05, 0) is 98.0 Å². The molecular formula is C50H57FN8O9S. The van der Waals surface area contributed by atoms with Gasteiger partial charge < -0.3 is 39.0 Å². The molecule has 6 aliphatic rings. The minimum atomic E-state index is -4.68. The summed E-state index contributed by atoms with van der Waals surface area (Å²) < 4.78 is 69.7. The summed E-state index contributed by atoms with van der Waals surface area (Å²) >= 11 is 0. The van der Waals surface area contributed by atoms with Gasteiger partial charge in [-0.2, -0.15) is 4.98 Å². The molecule has 5 aliphatic heterocycles. The van der Waals surface area contributed by atoms with Gasteiger partial charge in [-0.1, -0.05) is 24.3 Å². The minimum absolute atomic E-state index is 0.0438. The molecule has 7 heterocycles. The fraction of sp³-hybridized carbons (Fsp3) is 0.480. The van der Waals surface area contributed by atoms with Crippen molar-refractivity contribution in [3.8, 4) is 5.88 Å². The Morgan fingerprint density at radius 2 is 1.75 bits per heavy atom. The molecule has 11 rings (SSSR count). The van der Waals surface area contributed by atoms with Crippen LogP contribution in [0.4, 0.5) is 32.8 Å². The lowest BCUT2D eigenvalue weighted by atomic mass is 9.90. The highest BCUT2D eigenvalue weighted by Crippen LogP contribution is 2.59. The number of aromatic nitrogens is 2. The van der Waals surface area contributed by atoms with Gasteiger partial charge in [-0.3, -0.25) is 19.8 Å². The molecule has 4 atom stereocenters. The average Bonchev–Trinajstić information content (AvgIpc) is 3.93. The first-order valence-corrected chi connectivity index (χ1v) is 25.5. The summed E-state index contributed by atoms with van der Waals surface area (Å²) in [6.07, 6.45) is 6.26. The zero-order valence-electron chi connectivity index (χ0n) is 38.5. The van der Waals surface area contributed by atoms with E-state index in [9.17, 15) is 23.3 Å². The summed E-state index contributed by atoms with van der Waals surface area (Å²) in [4.78, 5) is 40.8. The van der Waals surface area contributed by atoms with E-state index in [1.54, 1.807) is 12.3 Å². The number of hydrogen-bond acceptors (Lipinski definition) is 14. The summed E-state index contributed by atoms with van der Waals surface area (Å²) in [5, 5.41) is 15.9. The van der Waals surface area contributed by atoms with Crippen molar-refractivity contribution in [2.45, 2.75) is 86.7 Å². The van der Waals surface area contributed by atoms with Crippen molar-refractivity contribution in [2.75, 3.05) is 80.9 Å². The van der Waals surface area contributed by atoms with Crippen LogP contribution in [0.2, 0.25) is 0 Å². The number of hydrogen-bond donors (Lipinski definition) is 3. The molecule has 4 saturated heterocycles. The number of pyridine rings is 1. The second-order valence-corrected chi connectivity index (χ2v) is 21.2. The molecule has 1 amide bonds. The lowest BCUT2D eigenvalue weighted by molar-refractivity contribution is -0.384. The third-order valence-corrected chi connectivity index (χ3v) is 16.7. The highest BCUT2D eigenvalue weighted by molar-refractivity contribution is 7.90. The van der Waals surface area contributed by atoms with Gasteiger partial charge in [0.1, 0.15) is 28.8 Å².